The first kappa shape index (κ1) is 12.1. The average molecular weight is 228 g/mol. The fraction of sp³-hybridized carbons (Fsp3) is 0.438. The highest BCUT2D eigenvalue weighted by molar-refractivity contribution is 6.03. The predicted octanol–water partition coefficient (Wildman–Crippen LogP) is 3.97. The minimum Gasteiger partial charge on any atom is -0.195 e. The summed E-state index contributed by atoms with van der Waals surface area (Å²) in [6.07, 6.45) is 4.39. The van der Waals surface area contributed by atoms with E-state index in [2.05, 4.69) is 69.5 Å². The van der Waals surface area contributed by atoms with Crippen LogP contribution in [0.25, 0.3) is 0 Å². The first-order valence-corrected chi connectivity index (χ1v) is 6.41. The zero-order valence-corrected chi connectivity index (χ0v) is 11.5. The van der Waals surface area contributed by atoms with Gasteiger partial charge < -0.3 is 0 Å². The van der Waals surface area contributed by atoms with E-state index in [1.165, 1.54) is 22.5 Å². The Hall–Kier alpha value is -1.37. The van der Waals surface area contributed by atoms with E-state index in [4.69, 9.17) is 0 Å². The Labute approximate surface area is 104 Å². The molecule has 0 fully saturated rings. The van der Waals surface area contributed by atoms with Gasteiger partial charge in [0.05, 0.1) is 5.41 Å². The van der Waals surface area contributed by atoms with E-state index in [0.29, 0.717) is 0 Å². The Balaban J connectivity index is 2.70. The molecule has 0 unspecified atom stereocenters. The van der Waals surface area contributed by atoms with Gasteiger partial charge in [-0.1, -0.05) is 17.7 Å². The van der Waals surface area contributed by atoms with Crippen LogP contribution in [0.2, 0.25) is 0 Å². The average Bonchev–Trinajstić information content (AvgIpc) is 2.49. The Morgan fingerprint density at radius 2 is 2.00 bits per heavy atom. The molecule has 0 amide bonds. The zero-order valence-electron chi connectivity index (χ0n) is 11.5. The van der Waals surface area contributed by atoms with Gasteiger partial charge in [-0.15, -0.1) is 0 Å². The maximum Gasteiger partial charge on any atom is 0.209 e. The van der Waals surface area contributed by atoms with Crippen LogP contribution in [-0.4, -0.2) is 16.8 Å². The molecule has 0 atom stereocenters. The number of nitrogens with zero attached hydrogens (tertiary/aromatic N) is 1. The number of aryl methyl sites for hydroxylation is 1. The molecule has 1 heteroatoms. The van der Waals surface area contributed by atoms with Crippen LogP contribution < -0.4 is 0 Å². The summed E-state index contributed by atoms with van der Waals surface area (Å²) in [5, 5.41) is 0. The number of hydrogen-bond acceptors (Lipinski definition) is 0. The number of allylic oxidation sites excluding steroid dienone is 2. The van der Waals surface area contributed by atoms with E-state index in [0.717, 1.165) is 6.54 Å². The van der Waals surface area contributed by atoms with Crippen LogP contribution >= 0.6 is 0 Å². The van der Waals surface area contributed by atoms with Crippen LogP contribution in [0.3, 0.4) is 0 Å². The van der Waals surface area contributed by atoms with Crippen LogP contribution in [0, 0.1) is 6.92 Å². The molecule has 1 nitrogen and oxygen atoms in total. The minimum absolute atomic E-state index is 0.115. The second-order valence-electron chi connectivity index (χ2n) is 5.28. The van der Waals surface area contributed by atoms with E-state index < -0.39 is 0 Å². The lowest BCUT2D eigenvalue weighted by Gasteiger charge is -2.15. The van der Waals surface area contributed by atoms with Gasteiger partial charge in [-0.3, -0.25) is 0 Å². The number of fused-ring (bicyclic) bond motifs is 1. The van der Waals surface area contributed by atoms with E-state index >= 15 is 0 Å². The van der Waals surface area contributed by atoms with Gasteiger partial charge in [-0.25, -0.2) is 0 Å². The fourth-order valence-electron chi connectivity index (χ4n) is 2.79. The topological polar surface area (TPSA) is 3.01 Å². The van der Waals surface area contributed by atoms with Gasteiger partial charge in [-0.2, -0.15) is 4.58 Å². The number of rotatable bonds is 2. The van der Waals surface area contributed by atoms with Gasteiger partial charge in [-0.05, 0) is 40.7 Å². The second-order valence-corrected chi connectivity index (χ2v) is 5.28. The summed E-state index contributed by atoms with van der Waals surface area (Å²) in [7, 11) is 0. The molecule has 1 aliphatic heterocycles. The van der Waals surface area contributed by atoms with Gasteiger partial charge in [0.25, 0.3) is 0 Å². The quantitative estimate of drug-likeness (QED) is 0.674. The van der Waals surface area contributed by atoms with Crippen molar-refractivity contribution in [3.05, 3.63) is 41.5 Å². The lowest BCUT2D eigenvalue weighted by Crippen LogP contribution is -2.27. The lowest BCUT2D eigenvalue weighted by molar-refractivity contribution is -0.433. The molecule has 0 aromatic heterocycles. The highest BCUT2D eigenvalue weighted by Crippen LogP contribution is 2.40. The van der Waals surface area contributed by atoms with Crippen molar-refractivity contribution in [1.82, 2.24) is 0 Å². The molecular formula is C16H22N+. The number of benzene rings is 1. The summed E-state index contributed by atoms with van der Waals surface area (Å²) in [5.74, 6) is 0. The van der Waals surface area contributed by atoms with Crippen molar-refractivity contribution in [3.63, 3.8) is 0 Å². The second kappa shape index (κ2) is 4.14. The molecule has 0 bridgehead atoms. The Bertz CT molecular complexity index is 504. The minimum atomic E-state index is 0.115. The molecule has 1 aliphatic rings. The molecule has 90 valence electrons. The molecule has 0 spiro atoms. The third kappa shape index (κ3) is 1.74. The predicted molar refractivity (Wildman–Crippen MR) is 74.5 cm³/mol. The molecule has 1 aromatic rings. The third-order valence-corrected chi connectivity index (χ3v) is 3.69. The summed E-state index contributed by atoms with van der Waals surface area (Å²) in [6.45, 7) is 12.1. The summed E-state index contributed by atoms with van der Waals surface area (Å²) in [6, 6.07) is 6.79. The van der Waals surface area contributed by atoms with Gasteiger partial charge in [0, 0.05) is 17.7 Å². The molecule has 17 heavy (non-hydrogen) atoms. The maximum absolute atomic E-state index is 2.43. The van der Waals surface area contributed by atoms with Crippen molar-refractivity contribution >= 4 is 11.4 Å². The molecule has 0 saturated carbocycles. The third-order valence-electron chi connectivity index (χ3n) is 3.69. The highest BCUT2D eigenvalue weighted by atomic mass is 15.0. The normalized spacial score (nSPS) is 17.9. The largest absolute Gasteiger partial charge is 0.209 e. The molecule has 0 saturated heterocycles. The van der Waals surface area contributed by atoms with Crippen molar-refractivity contribution in [2.45, 2.75) is 40.0 Å². The summed E-state index contributed by atoms with van der Waals surface area (Å²) >= 11 is 0. The molecule has 0 aliphatic carbocycles. The Morgan fingerprint density at radius 3 is 2.59 bits per heavy atom. The molecule has 0 radical (unpaired) electrons. The van der Waals surface area contributed by atoms with Gasteiger partial charge in [0.2, 0.25) is 5.69 Å². The zero-order chi connectivity index (χ0) is 12.6. The van der Waals surface area contributed by atoms with Crippen molar-refractivity contribution in [3.8, 4) is 0 Å². The molecule has 1 aromatic carbocycles. The van der Waals surface area contributed by atoms with Gasteiger partial charge >= 0.3 is 0 Å². The highest BCUT2D eigenvalue weighted by Gasteiger charge is 2.43. The van der Waals surface area contributed by atoms with Crippen molar-refractivity contribution in [1.29, 1.82) is 0 Å². The van der Waals surface area contributed by atoms with Crippen molar-refractivity contribution in [2.75, 3.05) is 6.54 Å². The molecule has 0 N–H and O–H groups in total. The number of hydrogen-bond donors (Lipinski definition) is 0. The first-order chi connectivity index (χ1) is 8.02. The van der Waals surface area contributed by atoms with Gasteiger partial charge in [0.15, 0.2) is 5.71 Å². The Morgan fingerprint density at radius 1 is 1.29 bits per heavy atom. The van der Waals surface area contributed by atoms with Crippen LogP contribution in [0.5, 0.6) is 0 Å². The van der Waals surface area contributed by atoms with E-state index in [9.17, 15) is 0 Å². The van der Waals surface area contributed by atoms with Crippen LogP contribution in [0.4, 0.5) is 5.69 Å². The summed E-state index contributed by atoms with van der Waals surface area (Å²) < 4.78 is 2.43. The van der Waals surface area contributed by atoms with Crippen molar-refractivity contribution in [2.24, 2.45) is 0 Å². The maximum atomic E-state index is 2.43. The molecule has 2 rings (SSSR count). The first-order valence-electron chi connectivity index (χ1n) is 6.41. The van der Waals surface area contributed by atoms with Crippen LogP contribution in [0.15, 0.2) is 30.4 Å². The fourth-order valence-corrected chi connectivity index (χ4v) is 2.79. The van der Waals surface area contributed by atoms with E-state index in [1.807, 2.05) is 0 Å². The van der Waals surface area contributed by atoms with Crippen molar-refractivity contribution < 1.29 is 4.58 Å². The SMILES string of the molecule is C/C=C/C1=[N+](CC)c2ccc(C)cc2C1(C)C. The Kier molecular flexibility index (Phi) is 2.94. The monoisotopic (exact) mass is 228 g/mol. The van der Waals surface area contributed by atoms with E-state index in [-0.39, 0.29) is 5.41 Å². The lowest BCUT2D eigenvalue weighted by atomic mass is 9.81. The summed E-state index contributed by atoms with van der Waals surface area (Å²) in [5.41, 5.74) is 5.69. The smallest absolute Gasteiger partial charge is 0.195 e. The molecule has 1 heterocycles. The van der Waals surface area contributed by atoms with Crippen LogP contribution in [0.1, 0.15) is 38.8 Å². The molecular weight excluding hydrogens is 206 g/mol. The standard InChI is InChI=1S/C16H22N/c1-6-8-15-16(4,5)13-11-12(3)9-10-14(13)17(15)7-2/h6,8-11H,7H2,1-5H3/q+1/b8-6+. The van der Waals surface area contributed by atoms with E-state index in [1.54, 1.807) is 0 Å². The van der Waals surface area contributed by atoms with Gasteiger partial charge in [0.1, 0.15) is 6.54 Å². The summed E-state index contributed by atoms with van der Waals surface area (Å²) in [4.78, 5) is 0. The van der Waals surface area contributed by atoms with Crippen LogP contribution in [-0.2, 0) is 5.41 Å².